The quantitative estimate of drug-likeness (QED) is 0.336. The molecule has 0 amide bonds. The molecule has 0 spiro atoms. The summed E-state index contributed by atoms with van der Waals surface area (Å²) in [5, 5.41) is 11.4. The maximum atomic E-state index is 8.46. The number of rotatable bonds is 5. The zero-order valence-electron chi connectivity index (χ0n) is 9.55. The minimum Gasteiger partial charge on any atom is -0.496 e. The van der Waals surface area contributed by atoms with Crippen LogP contribution in [0.15, 0.2) is 29.4 Å². The van der Waals surface area contributed by atoms with E-state index in [4.69, 9.17) is 15.7 Å². The van der Waals surface area contributed by atoms with E-state index >= 15 is 0 Å². The molecule has 0 saturated heterocycles. The van der Waals surface area contributed by atoms with Gasteiger partial charge in [-0.25, -0.2) is 0 Å². The average molecular weight is 223 g/mol. The molecule has 1 aromatic carbocycles. The molecule has 0 aromatic heterocycles. The first-order valence-corrected chi connectivity index (χ1v) is 4.94. The summed E-state index contributed by atoms with van der Waals surface area (Å²) in [4.78, 5) is 1.94. The lowest BCUT2D eigenvalue weighted by atomic mass is 10.2. The molecule has 0 heterocycles. The van der Waals surface area contributed by atoms with Gasteiger partial charge in [-0.15, -0.1) is 0 Å². The molecule has 1 rings (SSSR count). The van der Waals surface area contributed by atoms with Crippen LogP contribution in [0.3, 0.4) is 0 Å². The van der Waals surface area contributed by atoms with Crippen LogP contribution in [-0.4, -0.2) is 36.6 Å². The predicted molar refractivity (Wildman–Crippen MR) is 62.7 cm³/mol. The van der Waals surface area contributed by atoms with Crippen molar-refractivity contribution >= 4 is 5.84 Å². The van der Waals surface area contributed by atoms with Crippen molar-refractivity contribution in [2.75, 3.05) is 20.7 Å². The highest BCUT2D eigenvalue weighted by molar-refractivity contribution is 5.81. The Morgan fingerprint density at radius 3 is 2.81 bits per heavy atom. The first-order valence-electron chi connectivity index (χ1n) is 4.94. The summed E-state index contributed by atoms with van der Waals surface area (Å²) in [5.41, 5.74) is 6.49. The number of nitrogens with two attached hydrogens (primary N) is 1. The first-order chi connectivity index (χ1) is 7.67. The van der Waals surface area contributed by atoms with Crippen LogP contribution in [-0.2, 0) is 6.54 Å². The Balaban J connectivity index is 2.65. The van der Waals surface area contributed by atoms with Crippen molar-refractivity contribution in [1.82, 2.24) is 4.90 Å². The Morgan fingerprint density at radius 1 is 1.50 bits per heavy atom. The summed E-state index contributed by atoms with van der Waals surface area (Å²) in [6.45, 7) is 1.09. The average Bonchev–Trinajstić information content (AvgIpc) is 2.29. The van der Waals surface area contributed by atoms with Gasteiger partial charge in [0.2, 0.25) is 0 Å². The van der Waals surface area contributed by atoms with Crippen LogP contribution in [0.4, 0.5) is 0 Å². The Bertz CT molecular complexity index is 366. The first kappa shape index (κ1) is 12.3. The topological polar surface area (TPSA) is 71.1 Å². The van der Waals surface area contributed by atoms with Gasteiger partial charge in [0, 0.05) is 12.1 Å². The van der Waals surface area contributed by atoms with Crippen LogP contribution < -0.4 is 10.5 Å². The Morgan fingerprint density at radius 2 is 2.19 bits per heavy atom. The van der Waals surface area contributed by atoms with Crippen LogP contribution in [0.2, 0.25) is 0 Å². The number of methoxy groups -OCH3 is 1. The fourth-order valence-electron chi connectivity index (χ4n) is 1.49. The molecule has 1 aromatic rings. The standard InChI is InChI=1S/C11H17N3O2/c1-14(8-11(12)13-15)7-9-5-3-4-6-10(9)16-2/h3-6,15H,7-8H2,1-2H3,(H2,12,13). The summed E-state index contributed by atoms with van der Waals surface area (Å²) >= 11 is 0. The predicted octanol–water partition coefficient (Wildman–Crippen LogP) is 0.873. The van der Waals surface area contributed by atoms with E-state index in [2.05, 4.69) is 5.16 Å². The van der Waals surface area contributed by atoms with E-state index in [0.717, 1.165) is 11.3 Å². The summed E-state index contributed by atoms with van der Waals surface area (Å²) in [6.07, 6.45) is 0. The highest BCUT2D eigenvalue weighted by atomic mass is 16.5. The largest absolute Gasteiger partial charge is 0.496 e. The number of amidine groups is 1. The van der Waals surface area contributed by atoms with Gasteiger partial charge in [-0.1, -0.05) is 23.4 Å². The van der Waals surface area contributed by atoms with Gasteiger partial charge in [0.05, 0.1) is 13.7 Å². The molecule has 5 heteroatoms. The lowest BCUT2D eigenvalue weighted by molar-refractivity contribution is 0.307. The smallest absolute Gasteiger partial charge is 0.153 e. The van der Waals surface area contributed by atoms with E-state index in [-0.39, 0.29) is 5.84 Å². The second-order valence-electron chi connectivity index (χ2n) is 3.58. The number of likely N-dealkylation sites (N-methyl/N-ethyl adjacent to an activating group) is 1. The van der Waals surface area contributed by atoms with Gasteiger partial charge < -0.3 is 15.7 Å². The number of para-hydroxylation sites is 1. The normalized spacial score (nSPS) is 11.8. The number of benzene rings is 1. The van der Waals surface area contributed by atoms with Crippen LogP contribution in [0.1, 0.15) is 5.56 Å². The summed E-state index contributed by atoms with van der Waals surface area (Å²) in [7, 11) is 3.53. The summed E-state index contributed by atoms with van der Waals surface area (Å²) < 4.78 is 5.24. The van der Waals surface area contributed by atoms with Crippen molar-refractivity contribution in [1.29, 1.82) is 0 Å². The molecule has 5 nitrogen and oxygen atoms in total. The van der Waals surface area contributed by atoms with Gasteiger partial charge >= 0.3 is 0 Å². The lowest BCUT2D eigenvalue weighted by Gasteiger charge is -2.17. The van der Waals surface area contributed by atoms with Crippen molar-refractivity contribution < 1.29 is 9.94 Å². The van der Waals surface area contributed by atoms with Crippen molar-refractivity contribution in [3.05, 3.63) is 29.8 Å². The molecule has 0 aliphatic heterocycles. The van der Waals surface area contributed by atoms with Gasteiger partial charge in [-0.2, -0.15) is 0 Å². The van der Waals surface area contributed by atoms with Crippen molar-refractivity contribution in [3.8, 4) is 5.75 Å². The molecule has 16 heavy (non-hydrogen) atoms. The van der Waals surface area contributed by atoms with Crippen LogP contribution >= 0.6 is 0 Å². The molecule has 0 radical (unpaired) electrons. The molecule has 0 fully saturated rings. The second kappa shape index (κ2) is 5.97. The SMILES string of the molecule is COc1ccccc1CN(C)CC(N)=NO. The molecule has 88 valence electrons. The summed E-state index contributed by atoms with van der Waals surface area (Å²) in [6, 6.07) is 7.77. The van der Waals surface area contributed by atoms with E-state index in [1.54, 1.807) is 7.11 Å². The fraction of sp³-hybridized carbons (Fsp3) is 0.364. The van der Waals surface area contributed by atoms with Crippen LogP contribution in [0.5, 0.6) is 5.75 Å². The molecule has 0 aliphatic carbocycles. The third-order valence-corrected chi connectivity index (χ3v) is 2.19. The highest BCUT2D eigenvalue weighted by Gasteiger charge is 2.06. The highest BCUT2D eigenvalue weighted by Crippen LogP contribution is 2.18. The molecule has 3 N–H and O–H groups in total. The van der Waals surface area contributed by atoms with Gasteiger partial charge in [0.1, 0.15) is 5.75 Å². The minimum absolute atomic E-state index is 0.192. The second-order valence-corrected chi connectivity index (χ2v) is 3.58. The van der Waals surface area contributed by atoms with E-state index in [0.29, 0.717) is 13.1 Å². The van der Waals surface area contributed by atoms with Crippen molar-refractivity contribution in [2.24, 2.45) is 10.9 Å². The zero-order chi connectivity index (χ0) is 12.0. The van der Waals surface area contributed by atoms with E-state index in [9.17, 15) is 0 Å². The van der Waals surface area contributed by atoms with Crippen molar-refractivity contribution in [2.45, 2.75) is 6.54 Å². The van der Waals surface area contributed by atoms with Crippen LogP contribution in [0.25, 0.3) is 0 Å². The molecular formula is C11H17N3O2. The third kappa shape index (κ3) is 3.43. The molecular weight excluding hydrogens is 206 g/mol. The van der Waals surface area contributed by atoms with Gasteiger partial charge in [0.15, 0.2) is 5.84 Å². The monoisotopic (exact) mass is 223 g/mol. The van der Waals surface area contributed by atoms with E-state index in [1.165, 1.54) is 0 Å². The zero-order valence-corrected chi connectivity index (χ0v) is 9.55. The van der Waals surface area contributed by atoms with E-state index < -0.39 is 0 Å². The number of oxime groups is 1. The third-order valence-electron chi connectivity index (χ3n) is 2.19. The lowest BCUT2D eigenvalue weighted by Crippen LogP contribution is -2.30. The van der Waals surface area contributed by atoms with E-state index in [1.807, 2.05) is 36.2 Å². The number of ether oxygens (including phenoxy) is 1. The molecule has 0 aliphatic rings. The van der Waals surface area contributed by atoms with Gasteiger partial charge in [0.25, 0.3) is 0 Å². The minimum atomic E-state index is 0.192. The Kier molecular flexibility index (Phi) is 4.60. The van der Waals surface area contributed by atoms with Gasteiger partial charge in [-0.3, -0.25) is 4.90 Å². The maximum absolute atomic E-state index is 8.46. The number of nitrogens with zero attached hydrogens (tertiary/aromatic N) is 2. The van der Waals surface area contributed by atoms with Crippen LogP contribution in [0, 0.1) is 0 Å². The Hall–Kier alpha value is -1.75. The Labute approximate surface area is 95.1 Å². The number of hydrogen-bond donors (Lipinski definition) is 2. The number of hydrogen-bond acceptors (Lipinski definition) is 4. The maximum Gasteiger partial charge on any atom is 0.153 e. The van der Waals surface area contributed by atoms with Gasteiger partial charge in [-0.05, 0) is 13.1 Å². The molecule has 0 atom stereocenters. The molecule has 0 unspecified atom stereocenters. The molecule has 0 saturated carbocycles. The summed E-state index contributed by atoms with van der Waals surface area (Å²) in [5.74, 6) is 1.03. The fourth-order valence-corrected chi connectivity index (χ4v) is 1.49. The van der Waals surface area contributed by atoms with Crippen molar-refractivity contribution in [3.63, 3.8) is 0 Å². The molecule has 0 bridgehead atoms.